The number of carbonyl (C=O) groups is 2. The SMILES string of the molecule is O=C(CC(=O)Nc1cccc(Cl)c1Cl)NCCC1=CCCCC1. The van der Waals surface area contributed by atoms with Crippen LogP contribution in [0.5, 0.6) is 0 Å². The fourth-order valence-corrected chi connectivity index (χ4v) is 2.85. The van der Waals surface area contributed by atoms with E-state index in [4.69, 9.17) is 23.2 Å². The highest BCUT2D eigenvalue weighted by atomic mass is 35.5. The molecule has 2 rings (SSSR count). The molecule has 0 atom stereocenters. The summed E-state index contributed by atoms with van der Waals surface area (Å²) in [6.45, 7) is 0.565. The largest absolute Gasteiger partial charge is 0.355 e. The molecule has 0 aliphatic heterocycles. The fourth-order valence-electron chi connectivity index (χ4n) is 2.50. The summed E-state index contributed by atoms with van der Waals surface area (Å²) in [6.07, 6.45) is 7.60. The third kappa shape index (κ3) is 5.88. The molecule has 2 N–H and O–H groups in total. The lowest BCUT2D eigenvalue weighted by atomic mass is 9.97. The number of carbonyl (C=O) groups excluding carboxylic acids is 2. The van der Waals surface area contributed by atoms with Gasteiger partial charge in [0.1, 0.15) is 6.42 Å². The van der Waals surface area contributed by atoms with E-state index in [1.807, 2.05) is 0 Å². The number of amides is 2. The van der Waals surface area contributed by atoms with Gasteiger partial charge in [-0.05, 0) is 44.2 Å². The van der Waals surface area contributed by atoms with Gasteiger partial charge in [-0.3, -0.25) is 9.59 Å². The molecule has 0 heterocycles. The van der Waals surface area contributed by atoms with Gasteiger partial charge in [-0.1, -0.05) is 40.9 Å². The molecule has 1 aromatic carbocycles. The summed E-state index contributed by atoms with van der Waals surface area (Å²) in [5, 5.41) is 5.99. The first-order valence-electron chi connectivity index (χ1n) is 7.74. The van der Waals surface area contributed by atoms with Crippen LogP contribution in [0.3, 0.4) is 0 Å². The fraction of sp³-hybridized carbons (Fsp3) is 0.412. The van der Waals surface area contributed by atoms with E-state index in [1.165, 1.54) is 18.4 Å². The lowest BCUT2D eigenvalue weighted by Crippen LogP contribution is -2.29. The van der Waals surface area contributed by atoms with Crippen LogP contribution in [-0.4, -0.2) is 18.4 Å². The minimum atomic E-state index is -0.413. The van der Waals surface area contributed by atoms with Gasteiger partial charge in [0.25, 0.3) is 0 Å². The van der Waals surface area contributed by atoms with E-state index in [9.17, 15) is 9.59 Å². The van der Waals surface area contributed by atoms with E-state index in [0.29, 0.717) is 17.3 Å². The molecule has 124 valence electrons. The van der Waals surface area contributed by atoms with Crippen molar-refractivity contribution in [3.05, 3.63) is 39.9 Å². The number of halogens is 2. The zero-order chi connectivity index (χ0) is 16.7. The van der Waals surface area contributed by atoms with Crippen molar-refractivity contribution in [3.63, 3.8) is 0 Å². The summed E-state index contributed by atoms with van der Waals surface area (Å²) >= 11 is 11.9. The Hall–Kier alpha value is -1.52. The molecule has 0 unspecified atom stereocenters. The molecule has 6 heteroatoms. The minimum Gasteiger partial charge on any atom is -0.355 e. The Bertz CT molecular complexity index is 615. The molecule has 0 saturated heterocycles. The van der Waals surface area contributed by atoms with Gasteiger partial charge in [-0.15, -0.1) is 0 Å². The number of rotatable bonds is 6. The van der Waals surface area contributed by atoms with Crippen LogP contribution in [-0.2, 0) is 9.59 Å². The zero-order valence-electron chi connectivity index (χ0n) is 12.8. The number of benzene rings is 1. The summed E-state index contributed by atoms with van der Waals surface area (Å²) < 4.78 is 0. The highest BCUT2D eigenvalue weighted by Crippen LogP contribution is 2.29. The maximum atomic E-state index is 11.9. The summed E-state index contributed by atoms with van der Waals surface area (Å²) in [6, 6.07) is 4.95. The van der Waals surface area contributed by atoms with Crippen LogP contribution in [0.2, 0.25) is 10.0 Å². The Morgan fingerprint density at radius 3 is 2.70 bits per heavy atom. The molecule has 23 heavy (non-hydrogen) atoms. The van der Waals surface area contributed by atoms with Gasteiger partial charge in [-0.2, -0.15) is 0 Å². The molecule has 0 fully saturated rings. The van der Waals surface area contributed by atoms with Crippen LogP contribution in [0.4, 0.5) is 5.69 Å². The first-order valence-corrected chi connectivity index (χ1v) is 8.50. The Kier molecular flexibility index (Phi) is 6.93. The van der Waals surface area contributed by atoms with Crippen LogP contribution >= 0.6 is 23.2 Å². The van der Waals surface area contributed by atoms with Gasteiger partial charge >= 0.3 is 0 Å². The van der Waals surface area contributed by atoms with Crippen molar-refractivity contribution < 1.29 is 9.59 Å². The van der Waals surface area contributed by atoms with Gasteiger partial charge in [-0.25, -0.2) is 0 Å². The molecule has 0 saturated carbocycles. The normalized spacial score (nSPS) is 14.1. The van der Waals surface area contributed by atoms with Crippen molar-refractivity contribution in [2.24, 2.45) is 0 Å². The lowest BCUT2D eigenvalue weighted by molar-refractivity contribution is -0.126. The molecule has 4 nitrogen and oxygen atoms in total. The van der Waals surface area contributed by atoms with Crippen molar-refractivity contribution in [1.82, 2.24) is 5.32 Å². The molecule has 2 amide bonds. The quantitative estimate of drug-likeness (QED) is 0.590. The molecule has 0 bridgehead atoms. The second kappa shape index (κ2) is 8.94. The predicted octanol–water partition coefficient (Wildman–Crippen LogP) is 4.33. The second-order valence-electron chi connectivity index (χ2n) is 5.53. The van der Waals surface area contributed by atoms with Crippen LogP contribution in [0.15, 0.2) is 29.8 Å². The number of anilines is 1. The maximum Gasteiger partial charge on any atom is 0.233 e. The molecule has 1 aliphatic carbocycles. The van der Waals surface area contributed by atoms with E-state index in [1.54, 1.807) is 18.2 Å². The summed E-state index contributed by atoms with van der Waals surface area (Å²) in [7, 11) is 0. The third-order valence-corrected chi connectivity index (χ3v) is 4.52. The predicted molar refractivity (Wildman–Crippen MR) is 93.9 cm³/mol. The van der Waals surface area contributed by atoms with E-state index < -0.39 is 5.91 Å². The van der Waals surface area contributed by atoms with Gasteiger partial charge in [0.2, 0.25) is 11.8 Å². The van der Waals surface area contributed by atoms with Crippen LogP contribution in [0, 0.1) is 0 Å². The Labute approximate surface area is 146 Å². The Morgan fingerprint density at radius 2 is 1.96 bits per heavy atom. The van der Waals surface area contributed by atoms with E-state index >= 15 is 0 Å². The highest BCUT2D eigenvalue weighted by Gasteiger charge is 2.12. The van der Waals surface area contributed by atoms with Gasteiger partial charge in [0.05, 0.1) is 15.7 Å². The summed E-state index contributed by atoms with van der Waals surface area (Å²) in [5.41, 5.74) is 1.80. The maximum absolute atomic E-state index is 11.9. The molecular formula is C17H20Cl2N2O2. The van der Waals surface area contributed by atoms with E-state index in [2.05, 4.69) is 16.7 Å². The highest BCUT2D eigenvalue weighted by molar-refractivity contribution is 6.44. The number of allylic oxidation sites excluding steroid dienone is 1. The number of nitrogens with one attached hydrogen (secondary N) is 2. The lowest BCUT2D eigenvalue weighted by Gasteiger charge is -2.13. The smallest absolute Gasteiger partial charge is 0.233 e. The molecule has 1 aromatic rings. The van der Waals surface area contributed by atoms with Gasteiger partial charge in [0.15, 0.2) is 0 Å². The topological polar surface area (TPSA) is 58.2 Å². The summed E-state index contributed by atoms with van der Waals surface area (Å²) in [5.74, 6) is -0.708. The zero-order valence-corrected chi connectivity index (χ0v) is 14.3. The molecule has 0 spiro atoms. The standard InChI is InChI=1S/C17H20Cl2N2O2/c18-13-7-4-8-14(17(13)19)21-16(23)11-15(22)20-10-9-12-5-2-1-3-6-12/h4-5,7-8H,1-3,6,9-11H2,(H,20,22)(H,21,23). The number of hydrogen-bond donors (Lipinski definition) is 2. The summed E-state index contributed by atoms with van der Waals surface area (Å²) in [4.78, 5) is 23.7. The first kappa shape index (κ1) is 17.8. The van der Waals surface area contributed by atoms with Crippen molar-refractivity contribution in [1.29, 1.82) is 0 Å². The Morgan fingerprint density at radius 1 is 1.13 bits per heavy atom. The minimum absolute atomic E-state index is 0.234. The van der Waals surface area contributed by atoms with Crippen LogP contribution in [0.1, 0.15) is 38.5 Å². The average molecular weight is 355 g/mol. The van der Waals surface area contributed by atoms with E-state index in [-0.39, 0.29) is 17.4 Å². The van der Waals surface area contributed by atoms with Crippen molar-refractivity contribution in [3.8, 4) is 0 Å². The van der Waals surface area contributed by atoms with E-state index in [0.717, 1.165) is 19.3 Å². The van der Waals surface area contributed by atoms with Gasteiger partial charge in [0, 0.05) is 6.54 Å². The Balaban J connectivity index is 1.73. The van der Waals surface area contributed by atoms with Crippen LogP contribution in [0.25, 0.3) is 0 Å². The monoisotopic (exact) mass is 354 g/mol. The van der Waals surface area contributed by atoms with Crippen LogP contribution < -0.4 is 10.6 Å². The van der Waals surface area contributed by atoms with Crippen molar-refractivity contribution in [2.45, 2.75) is 38.5 Å². The average Bonchev–Trinajstić information content (AvgIpc) is 2.53. The molecule has 1 aliphatic rings. The third-order valence-electron chi connectivity index (χ3n) is 3.70. The van der Waals surface area contributed by atoms with Crippen molar-refractivity contribution in [2.75, 3.05) is 11.9 Å². The molecule has 0 radical (unpaired) electrons. The second-order valence-corrected chi connectivity index (χ2v) is 6.32. The molecular weight excluding hydrogens is 335 g/mol. The van der Waals surface area contributed by atoms with Gasteiger partial charge < -0.3 is 10.6 Å². The molecule has 0 aromatic heterocycles. The number of hydrogen-bond acceptors (Lipinski definition) is 2. The first-order chi connectivity index (χ1) is 11.1. The van der Waals surface area contributed by atoms with Crippen molar-refractivity contribution >= 4 is 40.7 Å².